The summed E-state index contributed by atoms with van der Waals surface area (Å²) in [6.45, 7) is 4.64. The molecule has 1 aromatic rings. The average molecular weight is 405 g/mol. The average Bonchev–Trinajstić information content (AvgIpc) is 2.68. The minimum absolute atomic E-state index is 0.0500. The van der Waals surface area contributed by atoms with Crippen molar-refractivity contribution in [2.24, 2.45) is 11.8 Å². The second kappa shape index (κ2) is 9.03. The van der Waals surface area contributed by atoms with Gasteiger partial charge in [-0.15, -0.1) is 0 Å². The summed E-state index contributed by atoms with van der Waals surface area (Å²) in [5.74, 6) is 1.38. The summed E-state index contributed by atoms with van der Waals surface area (Å²) in [4.78, 5) is 19.3. The van der Waals surface area contributed by atoms with Gasteiger partial charge in [0.15, 0.2) is 0 Å². The molecule has 2 bridgehead atoms. The molecule has 7 nitrogen and oxygen atoms in total. The van der Waals surface area contributed by atoms with E-state index in [1.807, 2.05) is 19.9 Å². The van der Waals surface area contributed by atoms with Crippen molar-refractivity contribution in [1.29, 1.82) is 0 Å². The molecular weight excluding hydrogens is 374 g/mol. The quantitative estimate of drug-likeness (QED) is 0.398. The van der Waals surface area contributed by atoms with Crippen LogP contribution in [-0.2, 0) is 21.4 Å². The number of ether oxygens (including phenoxy) is 2. The fourth-order valence-electron chi connectivity index (χ4n) is 5.51. The van der Waals surface area contributed by atoms with Crippen molar-refractivity contribution in [1.82, 2.24) is 5.32 Å². The van der Waals surface area contributed by atoms with Gasteiger partial charge in [0, 0.05) is 17.4 Å². The number of rotatable bonds is 4. The molecule has 0 amide bonds. The van der Waals surface area contributed by atoms with Gasteiger partial charge in [0.05, 0.1) is 0 Å². The number of hydrogen-bond donors (Lipinski definition) is 3. The number of nitrogens with one attached hydrogen (secondary N) is 1. The Kier molecular flexibility index (Phi) is 6.67. The lowest BCUT2D eigenvalue weighted by Crippen LogP contribution is -2.59. The van der Waals surface area contributed by atoms with E-state index >= 15 is 0 Å². The molecule has 0 aromatic heterocycles. The van der Waals surface area contributed by atoms with E-state index in [9.17, 15) is 4.79 Å². The molecule has 29 heavy (non-hydrogen) atoms. The Bertz CT molecular complexity index is 732. The lowest BCUT2D eigenvalue weighted by molar-refractivity contribution is -0.122. The zero-order valence-electron chi connectivity index (χ0n) is 17.1. The molecule has 4 atom stereocenters. The Balaban J connectivity index is 0.000000755. The SMILES string of the molecule is CC(C)C(OC(=O)O)Oc1ccc2c(c1)[C@@]13CCCC[C@H]1[C@@H](C2)NCC3.O=CO. The third kappa shape index (κ3) is 4.34. The monoisotopic (exact) mass is 405 g/mol. The van der Waals surface area contributed by atoms with Crippen LogP contribution in [0.4, 0.5) is 4.79 Å². The van der Waals surface area contributed by atoms with E-state index in [4.69, 9.17) is 24.5 Å². The highest BCUT2D eigenvalue weighted by atomic mass is 16.8. The van der Waals surface area contributed by atoms with Crippen molar-refractivity contribution < 1.29 is 29.3 Å². The maximum Gasteiger partial charge on any atom is 0.508 e. The molecule has 2 aliphatic carbocycles. The first kappa shape index (κ1) is 21.4. The Morgan fingerprint density at radius 2 is 2.07 bits per heavy atom. The van der Waals surface area contributed by atoms with Gasteiger partial charge in [0.25, 0.3) is 6.47 Å². The Labute approximate surface area is 171 Å². The van der Waals surface area contributed by atoms with Crippen LogP contribution >= 0.6 is 0 Å². The first-order chi connectivity index (χ1) is 13.9. The fourth-order valence-corrected chi connectivity index (χ4v) is 5.51. The topological polar surface area (TPSA) is 105 Å². The van der Waals surface area contributed by atoms with Gasteiger partial charge in [-0.05, 0) is 61.4 Å². The normalized spacial score (nSPS) is 28.1. The second-order valence-electron chi connectivity index (χ2n) is 8.56. The summed E-state index contributed by atoms with van der Waals surface area (Å²) in [7, 11) is 0. The van der Waals surface area contributed by atoms with E-state index in [0.717, 1.165) is 18.7 Å². The molecule has 1 saturated heterocycles. The van der Waals surface area contributed by atoms with Crippen LogP contribution in [0, 0.1) is 11.8 Å². The predicted molar refractivity (Wildman–Crippen MR) is 107 cm³/mol. The maximum absolute atomic E-state index is 11.0. The van der Waals surface area contributed by atoms with Crippen molar-refractivity contribution in [3.8, 4) is 5.75 Å². The number of fused-ring (bicyclic) bond motifs is 1. The Morgan fingerprint density at radius 3 is 2.76 bits per heavy atom. The minimum atomic E-state index is -1.30. The third-order valence-corrected chi connectivity index (χ3v) is 6.63. The van der Waals surface area contributed by atoms with E-state index in [1.165, 1.54) is 43.2 Å². The molecule has 1 aliphatic heterocycles. The third-order valence-electron chi connectivity index (χ3n) is 6.63. The van der Waals surface area contributed by atoms with Crippen molar-refractivity contribution in [2.75, 3.05) is 6.54 Å². The lowest BCUT2D eigenvalue weighted by atomic mass is 9.53. The van der Waals surface area contributed by atoms with E-state index in [-0.39, 0.29) is 17.8 Å². The van der Waals surface area contributed by atoms with Crippen LogP contribution in [0.2, 0.25) is 0 Å². The summed E-state index contributed by atoms with van der Waals surface area (Å²) in [6.07, 6.45) is 5.38. The Morgan fingerprint density at radius 1 is 1.31 bits per heavy atom. The van der Waals surface area contributed by atoms with E-state index in [0.29, 0.717) is 12.0 Å². The van der Waals surface area contributed by atoms with Crippen LogP contribution < -0.4 is 10.1 Å². The van der Waals surface area contributed by atoms with Crippen LogP contribution in [0.25, 0.3) is 0 Å². The molecule has 7 heteroatoms. The minimum Gasteiger partial charge on any atom is -0.483 e. The van der Waals surface area contributed by atoms with Gasteiger partial charge in [-0.2, -0.15) is 0 Å². The van der Waals surface area contributed by atoms with Crippen LogP contribution in [0.15, 0.2) is 18.2 Å². The molecule has 1 heterocycles. The van der Waals surface area contributed by atoms with Gasteiger partial charge in [0.1, 0.15) is 5.75 Å². The molecule has 160 valence electrons. The maximum atomic E-state index is 11.0. The van der Waals surface area contributed by atoms with Gasteiger partial charge >= 0.3 is 6.16 Å². The van der Waals surface area contributed by atoms with E-state index < -0.39 is 12.4 Å². The molecule has 1 aromatic carbocycles. The molecule has 4 rings (SSSR count). The highest BCUT2D eigenvalue weighted by Crippen LogP contribution is 2.54. The smallest absolute Gasteiger partial charge is 0.483 e. The lowest BCUT2D eigenvalue weighted by Gasteiger charge is -2.56. The Hall–Kier alpha value is -2.28. The van der Waals surface area contributed by atoms with Gasteiger partial charge < -0.3 is 25.0 Å². The van der Waals surface area contributed by atoms with Gasteiger partial charge in [-0.25, -0.2) is 4.79 Å². The highest BCUT2D eigenvalue weighted by Gasteiger charge is 2.51. The van der Waals surface area contributed by atoms with Crippen LogP contribution in [-0.4, -0.2) is 41.7 Å². The van der Waals surface area contributed by atoms with Gasteiger partial charge in [-0.3, -0.25) is 4.79 Å². The second-order valence-corrected chi connectivity index (χ2v) is 8.56. The molecule has 2 fully saturated rings. The molecule has 0 spiro atoms. The molecular formula is C22H31NO6. The summed E-state index contributed by atoms with van der Waals surface area (Å²) in [5, 5.41) is 19.6. The summed E-state index contributed by atoms with van der Waals surface area (Å²) in [5.41, 5.74) is 3.13. The molecule has 1 saturated carbocycles. The number of hydrogen-bond acceptors (Lipinski definition) is 5. The van der Waals surface area contributed by atoms with Crippen LogP contribution in [0.1, 0.15) is 57.1 Å². The first-order valence-electron chi connectivity index (χ1n) is 10.4. The zero-order chi connectivity index (χ0) is 21.0. The van der Waals surface area contributed by atoms with Crippen molar-refractivity contribution in [3.05, 3.63) is 29.3 Å². The highest BCUT2D eigenvalue weighted by molar-refractivity contribution is 5.57. The van der Waals surface area contributed by atoms with Crippen molar-refractivity contribution in [2.45, 2.75) is 70.1 Å². The van der Waals surface area contributed by atoms with Gasteiger partial charge in [-0.1, -0.05) is 32.8 Å². The summed E-state index contributed by atoms with van der Waals surface area (Å²) in [6, 6.07) is 6.92. The number of piperidine rings is 1. The number of carbonyl (C=O) groups is 2. The van der Waals surface area contributed by atoms with E-state index in [1.54, 1.807) is 0 Å². The largest absolute Gasteiger partial charge is 0.508 e. The first-order valence-corrected chi connectivity index (χ1v) is 10.4. The number of benzene rings is 1. The molecule has 0 radical (unpaired) electrons. The van der Waals surface area contributed by atoms with E-state index in [2.05, 4.69) is 17.4 Å². The van der Waals surface area contributed by atoms with Crippen molar-refractivity contribution in [3.63, 3.8) is 0 Å². The fraction of sp³-hybridized carbons (Fsp3) is 0.636. The van der Waals surface area contributed by atoms with Crippen molar-refractivity contribution >= 4 is 12.6 Å². The van der Waals surface area contributed by atoms with Crippen LogP contribution in [0.5, 0.6) is 5.75 Å². The standard InChI is InChI=1S/C21H29NO4.CH2O2/c1-13(2)19(26-20(23)24)25-15-7-6-14-11-18-16-5-3-4-8-21(16,9-10-22-18)17(14)12-15;2-1-3/h6-7,12-13,16,18-19,22H,3-5,8-11H2,1-2H3,(H,23,24);1H,(H,2,3)/t16-,18+,19?,21+;/m0./s1. The zero-order valence-corrected chi connectivity index (χ0v) is 17.1. The van der Waals surface area contributed by atoms with Crippen LogP contribution in [0.3, 0.4) is 0 Å². The summed E-state index contributed by atoms with van der Waals surface area (Å²) < 4.78 is 10.9. The molecule has 3 N–H and O–H groups in total. The molecule has 3 aliphatic rings. The van der Waals surface area contributed by atoms with Gasteiger partial charge in [0.2, 0.25) is 6.29 Å². The summed E-state index contributed by atoms with van der Waals surface area (Å²) >= 11 is 0. The molecule has 1 unspecified atom stereocenters. The predicted octanol–water partition coefficient (Wildman–Crippen LogP) is 3.79. The number of carboxylic acid groups (broad SMARTS) is 2.